The van der Waals surface area contributed by atoms with Crippen LogP contribution in [0.3, 0.4) is 0 Å². The number of amides is 1. The summed E-state index contributed by atoms with van der Waals surface area (Å²) in [6.07, 6.45) is 2.96. The number of H-pyrrole nitrogens is 1. The maximum absolute atomic E-state index is 11.5. The fraction of sp³-hybridized carbons (Fsp3) is 0.500. The van der Waals surface area contributed by atoms with Crippen molar-refractivity contribution >= 4 is 23.1 Å². The highest BCUT2D eigenvalue weighted by Gasteiger charge is 2.16. The Kier molecular flexibility index (Phi) is 4.17. The number of aromatic amines is 1. The number of nitrogens with two attached hydrogens (primary N) is 1. The second-order valence-electron chi connectivity index (χ2n) is 3.07. The summed E-state index contributed by atoms with van der Waals surface area (Å²) in [5, 5.41) is 12.2. The van der Waals surface area contributed by atoms with E-state index in [9.17, 15) is 4.79 Å². The molecule has 0 aromatic carbocycles. The molecular formula is C8H13N5OS. The van der Waals surface area contributed by atoms with Gasteiger partial charge in [0.25, 0.3) is 5.91 Å². The van der Waals surface area contributed by atoms with Crippen molar-refractivity contribution in [3.05, 3.63) is 11.9 Å². The smallest absolute Gasteiger partial charge is 0.274 e. The van der Waals surface area contributed by atoms with Gasteiger partial charge in [-0.05, 0) is 6.42 Å². The zero-order chi connectivity index (χ0) is 11.3. The number of nitrogens with one attached hydrogen (secondary N) is 2. The molecule has 0 fully saturated rings. The first-order valence-electron chi connectivity index (χ1n) is 4.61. The number of nitrogens with zero attached hydrogens (tertiary/aromatic N) is 2. The second-order valence-corrected chi connectivity index (χ2v) is 3.54. The number of aromatic nitrogens is 3. The molecule has 1 heterocycles. The van der Waals surface area contributed by atoms with Gasteiger partial charge in [0.2, 0.25) is 0 Å². The van der Waals surface area contributed by atoms with Crippen molar-refractivity contribution in [2.45, 2.75) is 25.8 Å². The van der Waals surface area contributed by atoms with Gasteiger partial charge in [-0.25, -0.2) is 0 Å². The Morgan fingerprint density at radius 1 is 1.80 bits per heavy atom. The molecule has 0 spiro atoms. The van der Waals surface area contributed by atoms with E-state index in [1.807, 2.05) is 6.92 Å². The summed E-state index contributed by atoms with van der Waals surface area (Å²) < 4.78 is 0. The van der Waals surface area contributed by atoms with E-state index in [4.69, 9.17) is 18.0 Å². The molecule has 0 saturated carbocycles. The molecule has 1 aromatic rings. The van der Waals surface area contributed by atoms with Crippen LogP contribution in [-0.2, 0) is 0 Å². The van der Waals surface area contributed by atoms with Gasteiger partial charge in [-0.1, -0.05) is 25.6 Å². The van der Waals surface area contributed by atoms with Gasteiger partial charge < -0.3 is 11.1 Å². The van der Waals surface area contributed by atoms with Crippen LogP contribution in [0.4, 0.5) is 0 Å². The van der Waals surface area contributed by atoms with Gasteiger partial charge >= 0.3 is 0 Å². The van der Waals surface area contributed by atoms with Crippen molar-refractivity contribution in [1.29, 1.82) is 0 Å². The van der Waals surface area contributed by atoms with Crippen molar-refractivity contribution in [1.82, 2.24) is 20.7 Å². The highest BCUT2D eigenvalue weighted by Crippen LogP contribution is 1.99. The molecule has 1 unspecified atom stereocenters. The van der Waals surface area contributed by atoms with Crippen molar-refractivity contribution in [2.24, 2.45) is 5.73 Å². The van der Waals surface area contributed by atoms with Crippen molar-refractivity contribution < 1.29 is 4.79 Å². The van der Waals surface area contributed by atoms with Gasteiger partial charge in [-0.3, -0.25) is 4.79 Å². The summed E-state index contributed by atoms with van der Waals surface area (Å²) in [5.74, 6) is -0.324. The van der Waals surface area contributed by atoms with Gasteiger partial charge in [-0.15, -0.1) is 0 Å². The Morgan fingerprint density at radius 3 is 3.00 bits per heavy atom. The molecule has 82 valence electrons. The number of carbonyl (C=O) groups excluding carboxylic acids is 1. The van der Waals surface area contributed by atoms with Crippen molar-refractivity contribution in [3.8, 4) is 0 Å². The van der Waals surface area contributed by atoms with Crippen LogP contribution in [0.15, 0.2) is 6.20 Å². The Morgan fingerprint density at radius 2 is 2.53 bits per heavy atom. The molecule has 1 amide bonds. The minimum atomic E-state index is -0.324. The van der Waals surface area contributed by atoms with Crippen LogP contribution in [-0.4, -0.2) is 32.3 Å². The molecule has 15 heavy (non-hydrogen) atoms. The van der Waals surface area contributed by atoms with E-state index < -0.39 is 0 Å². The lowest BCUT2D eigenvalue weighted by Gasteiger charge is -2.15. The summed E-state index contributed by atoms with van der Waals surface area (Å²) in [4.78, 5) is 11.8. The molecule has 0 aliphatic carbocycles. The van der Waals surface area contributed by atoms with Gasteiger partial charge in [0.05, 0.1) is 17.2 Å². The molecular weight excluding hydrogens is 214 g/mol. The van der Waals surface area contributed by atoms with E-state index >= 15 is 0 Å². The zero-order valence-electron chi connectivity index (χ0n) is 8.36. The Balaban J connectivity index is 2.59. The molecule has 4 N–H and O–H groups in total. The molecule has 7 heteroatoms. The number of thiocarbonyl (C=S) groups is 1. The third kappa shape index (κ3) is 3.28. The normalized spacial score (nSPS) is 12.1. The van der Waals surface area contributed by atoms with Crippen LogP contribution in [0, 0.1) is 0 Å². The lowest BCUT2D eigenvalue weighted by Crippen LogP contribution is -2.43. The number of hydrogen-bond acceptors (Lipinski definition) is 4. The van der Waals surface area contributed by atoms with Crippen LogP contribution < -0.4 is 11.1 Å². The molecule has 0 aliphatic heterocycles. The van der Waals surface area contributed by atoms with Gasteiger partial charge in [-0.2, -0.15) is 15.4 Å². The summed E-state index contributed by atoms with van der Waals surface area (Å²) >= 11 is 4.85. The predicted molar refractivity (Wildman–Crippen MR) is 59.3 cm³/mol. The Hall–Kier alpha value is -1.50. The highest BCUT2D eigenvalue weighted by molar-refractivity contribution is 7.80. The van der Waals surface area contributed by atoms with E-state index in [2.05, 4.69) is 20.7 Å². The number of hydrogen-bond donors (Lipinski definition) is 3. The third-order valence-corrected chi connectivity index (χ3v) is 2.16. The molecule has 0 aliphatic rings. The maximum Gasteiger partial charge on any atom is 0.274 e. The number of rotatable bonds is 5. The van der Waals surface area contributed by atoms with Gasteiger partial charge in [0, 0.05) is 0 Å². The van der Waals surface area contributed by atoms with Crippen LogP contribution in [0.25, 0.3) is 0 Å². The average molecular weight is 227 g/mol. The fourth-order valence-electron chi connectivity index (χ4n) is 1.12. The SMILES string of the molecule is CCCC(NC(=O)c1cn[nH]n1)C(N)=S. The van der Waals surface area contributed by atoms with Gasteiger partial charge in [0.15, 0.2) is 5.69 Å². The van der Waals surface area contributed by atoms with Crippen molar-refractivity contribution in [2.75, 3.05) is 0 Å². The molecule has 1 aromatic heterocycles. The van der Waals surface area contributed by atoms with Crippen molar-refractivity contribution in [3.63, 3.8) is 0 Å². The molecule has 0 bridgehead atoms. The van der Waals surface area contributed by atoms with Crippen LogP contribution in [0.2, 0.25) is 0 Å². The monoisotopic (exact) mass is 227 g/mol. The topological polar surface area (TPSA) is 96.7 Å². The third-order valence-electron chi connectivity index (χ3n) is 1.87. The average Bonchev–Trinajstić information content (AvgIpc) is 2.69. The lowest BCUT2D eigenvalue weighted by molar-refractivity contribution is 0.0940. The Bertz CT molecular complexity index is 337. The lowest BCUT2D eigenvalue weighted by atomic mass is 10.1. The first kappa shape index (κ1) is 11.6. The first-order valence-corrected chi connectivity index (χ1v) is 5.02. The summed E-state index contributed by atoms with van der Waals surface area (Å²) in [6, 6.07) is -0.283. The molecule has 0 radical (unpaired) electrons. The first-order chi connectivity index (χ1) is 7.15. The summed E-state index contributed by atoms with van der Waals surface area (Å²) in [6.45, 7) is 1.99. The summed E-state index contributed by atoms with van der Waals surface area (Å²) in [7, 11) is 0. The molecule has 1 atom stereocenters. The minimum Gasteiger partial charge on any atom is -0.392 e. The van der Waals surface area contributed by atoms with E-state index in [0.29, 0.717) is 0 Å². The van der Waals surface area contributed by atoms with Crippen LogP contribution in [0.1, 0.15) is 30.3 Å². The molecule has 1 rings (SSSR count). The molecule has 0 saturated heterocycles. The Labute approximate surface area is 92.6 Å². The standard InChI is InChI=1S/C8H13N5OS/c1-2-3-5(7(9)15)11-8(14)6-4-10-13-12-6/h4-5H,2-3H2,1H3,(H2,9,15)(H,11,14)(H,10,12,13). The quantitative estimate of drug-likeness (QED) is 0.615. The molecule has 6 nitrogen and oxygen atoms in total. The van der Waals surface area contributed by atoms with Crippen LogP contribution >= 0.6 is 12.2 Å². The minimum absolute atomic E-state index is 0.229. The van der Waals surface area contributed by atoms with E-state index in [0.717, 1.165) is 12.8 Å². The van der Waals surface area contributed by atoms with Gasteiger partial charge in [0.1, 0.15) is 0 Å². The maximum atomic E-state index is 11.5. The number of carbonyl (C=O) groups is 1. The second kappa shape index (κ2) is 5.40. The fourth-order valence-corrected chi connectivity index (χ4v) is 1.29. The summed E-state index contributed by atoms with van der Waals surface area (Å²) in [5.41, 5.74) is 5.73. The van der Waals surface area contributed by atoms with Crippen LogP contribution in [0.5, 0.6) is 0 Å². The van der Waals surface area contributed by atoms with E-state index in [1.165, 1.54) is 6.20 Å². The zero-order valence-corrected chi connectivity index (χ0v) is 9.17. The van der Waals surface area contributed by atoms with E-state index in [-0.39, 0.29) is 22.6 Å². The largest absolute Gasteiger partial charge is 0.392 e. The predicted octanol–water partition coefficient (Wildman–Crippen LogP) is -0.0107. The van der Waals surface area contributed by atoms with E-state index in [1.54, 1.807) is 0 Å². The highest BCUT2D eigenvalue weighted by atomic mass is 32.1.